The number of pyridine rings is 1. The van der Waals surface area contributed by atoms with Crippen molar-refractivity contribution in [3.05, 3.63) is 85.4 Å². The minimum Gasteiger partial charge on any atom is -0.382 e. The average Bonchev–Trinajstić information content (AvgIpc) is 3.08. The van der Waals surface area contributed by atoms with E-state index in [1.54, 1.807) is 39.6 Å². The van der Waals surface area contributed by atoms with Crippen LogP contribution in [0.5, 0.6) is 0 Å². The van der Waals surface area contributed by atoms with Crippen molar-refractivity contribution in [3.63, 3.8) is 0 Å². The standard InChI is InChI=1S/C23H21Cl2N3O3/c1-2-31-13-5-12-27-20(29)14-19-21(22(27)15-8-10-16(24)11-9-15)23(30)26-28(19)18-7-4-3-6-17(18)25/h3-4,6-11,14H,2,5,12-13H2,1H3,(H,26,30). The number of fused-ring (bicyclic) bond motifs is 1. The molecular formula is C23H21Cl2N3O3. The van der Waals surface area contributed by atoms with Crippen LogP contribution in [0.15, 0.2) is 64.2 Å². The number of halogens is 2. The number of ether oxygens (including phenoxy) is 1. The van der Waals surface area contributed by atoms with E-state index in [-0.39, 0.29) is 11.1 Å². The van der Waals surface area contributed by atoms with Crippen LogP contribution in [-0.4, -0.2) is 27.6 Å². The molecule has 160 valence electrons. The summed E-state index contributed by atoms with van der Waals surface area (Å²) in [6, 6.07) is 15.7. The van der Waals surface area contributed by atoms with Gasteiger partial charge >= 0.3 is 0 Å². The van der Waals surface area contributed by atoms with E-state index in [1.165, 1.54) is 6.07 Å². The van der Waals surface area contributed by atoms with Crippen molar-refractivity contribution in [1.82, 2.24) is 14.3 Å². The van der Waals surface area contributed by atoms with Gasteiger partial charge in [0.1, 0.15) is 0 Å². The Morgan fingerprint density at radius 2 is 1.77 bits per heavy atom. The molecule has 0 aliphatic carbocycles. The van der Waals surface area contributed by atoms with Gasteiger partial charge in [-0.2, -0.15) is 0 Å². The molecule has 1 N–H and O–H groups in total. The predicted octanol–water partition coefficient (Wildman–Crippen LogP) is 4.88. The monoisotopic (exact) mass is 457 g/mol. The zero-order valence-corrected chi connectivity index (χ0v) is 18.4. The molecule has 4 aromatic rings. The number of nitrogens with zero attached hydrogens (tertiary/aromatic N) is 2. The van der Waals surface area contributed by atoms with Gasteiger partial charge in [0.15, 0.2) is 0 Å². The van der Waals surface area contributed by atoms with Crippen molar-refractivity contribution in [2.24, 2.45) is 0 Å². The summed E-state index contributed by atoms with van der Waals surface area (Å²) in [6.45, 7) is 3.48. The smallest absolute Gasteiger partial charge is 0.274 e. The van der Waals surface area contributed by atoms with E-state index in [2.05, 4.69) is 5.10 Å². The highest BCUT2D eigenvalue weighted by molar-refractivity contribution is 6.32. The summed E-state index contributed by atoms with van der Waals surface area (Å²) >= 11 is 12.4. The summed E-state index contributed by atoms with van der Waals surface area (Å²) in [5.41, 5.74) is 1.81. The molecule has 2 aromatic carbocycles. The molecular weight excluding hydrogens is 437 g/mol. The van der Waals surface area contributed by atoms with E-state index in [0.717, 1.165) is 5.56 Å². The van der Waals surface area contributed by atoms with Crippen molar-refractivity contribution in [2.75, 3.05) is 13.2 Å². The number of rotatable bonds is 7. The maximum atomic E-state index is 13.2. The highest BCUT2D eigenvalue weighted by atomic mass is 35.5. The first-order chi connectivity index (χ1) is 15.0. The van der Waals surface area contributed by atoms with Crippen LogP contribution in [0.25, 0.3) is 27.8 Å². The third kappa shape index (κ3) is 4.19. The van der Waals surface area contributed by atoms with Crippen LogP contribution >= 0.6 is 23.2 Å². The number of aromatic nitrogens is 3. The second kappa shape index (κ2) is 9.14. The van der Waals surface area contributed by atoms with Gasteiger partial charge in [0.05, 0.1) is 27.3 Å². The van der Waals surface area contributed by atoms with Gasteiger partial charge in [-0.05, 0) is 43.2 Å². The van der Waals surface area contributed by atoms with Crippen LogP contribution in [0.4, 0.5) is 0 Å². The van der Waals surface area contributed by atoms with Crippen molar-refractivity contribution < 1.29 is 4.74 Å². The summed E-state index contributed by atoms with van der Waals surface area (Å²) in [5.74, 6) is 0. The van der Waals surface area contributed by atoms with Gasteiger partial charge < -0.3 is 9.30 Å². The van der Waals surface area contributed by atoms with Gasteiger partial charge in [-0.3, -0.25) is 19.4 Å². The molecule has 0 bridgehead atoms. The third-order valence-corrected chi connectivity index (χ3v) is 5.63. The van der Waals surface area contributed by atoms with Crippen LogP contribution in [0.3, 0.4) is 0 Å². The Morgan fingerprint density at radius 1 is 1.03 bits per heavy atom. The number of nitrogens with one attached hydrogen (secondary N) is 1. The van der Waals surface area contributed by atoms with Crippen LogP contribution in [0.1, 0.15) is 13.3 Å². The van der Waals surface area contributed by atoms with Crippen molar-refractivity contribution in [2.45, 2.75) is 19.9 Å². The minimum absolute atomic E-state index is 0.214. The van der Waals surface area contributed by atoms with Crippen LogP contribution in [-0.2, 0) is 11.3 Å². The summed E-state index contributed by atoms with van der Waals surface area (Å²) in [5, 5.41) is 4.29. The highest BCUT2D eigenvalue weighted by Crippen LogP contribution is 2.29. The lowest BCUT2D eigenvalue weighted by Crippen LogP contribution is -2.23. The zero-order chi connectivity index (χ0) is 22.0. The number of hydrogen-bond donors (Lipinski definition) is 1. The molecule has 0 atom stereocenters. The van der Waals surface area contributed by atoms with Gasteiger partial charge in [-0.1, -0.05) is 47.5 Å². The summed E-state index contributed by atoms with van der Waals surface area (Å²) in [6.07, 6.45) is 0.642. The summed E-state index contributed by atoms with van der Waals surface area (Å²) in [7, 11) is 0. The van der Waals surface area contributed by atoms with Gasteiger partial charge in [0, 0.05) is 30.8 Å². The van der Waals surface area contributed by atoms with E-state index in [1.807, 2.05) is 25.1 Å². The molecule has 8 heteroatoms. The van der Waals surface area contributed by atoms with Crippen LogP contribution in [0.2, 0.25) is 10.0 Å². The van der Waals surface area contributed by atoms with Gasteiger partial charge in [0.25, 0.3) is 11.1 Å². The van der Waals surface area contributed by atoms with Crippen molar-refractivity contribution in [1.29, 1.82) is 0 Å². The van der Waals surface area contributed by atoms with E-state index in [4.69, 9.17) is 27.9 Å². The van der Waals surface area contributed by atoms with E-state index >= 15 is 0 Å². The highest BCUT2D eigenvalue weighted by Gasteiger charge is 2.20. The fourth-order valence-electron chi connectivity index (χ4n) is 3.67. The Morgan fingerprint density at radius 3 is 2.48 bits per heavy atom. The van der Waals surface area contributed by atoms with Crippen molar-refractivity contribution >= 4 is 34.1 Å². The van der Waals surface area contributed by atoms with Crippen LogP contribution < -0.4 is 11.1 Å². The Balaban J connectivity index is 1.99. The fraction of sp³-hybridized carbons (Fsp3) is 0.217. The molecule has 6 nitrogen and oxygen atoms in total. The molecule has 0 unspecified atom stereocenters. The first-order valence-corrected chi connectivity index (χ1v) is 10.7. The zero-order valence-electron chi connectivity index (χ0n) is 16.9. The lowest BCUT2D eigenvalue weighted by Gasteiger charge is -2.15. The molecule has 0 aliphatic heterocycles. The Kier molecular flexibility index (Phi) is 6.32. The maximum absolute atomic E-state index is 13.2. The second-order valence-electron chi connectivity index (χ2n) is 7.03. The van der Waals surface area contributed by atoms with Gasteiger partial charge in [0.2, 0.25) is 0 Å². The Labute approximate surface area is 188 Å². The molecule has 0 saturated carbocycles. The minimum atomic E-state index is -0.307. The van der Waals surface area contributed by atoms with E-state index in [0.29, 0.717) is 58.5 Å². The molecule has 0 saturated heterocycles. The fourth-order valence-corrected chi connectivity index (χ4v) is 4.02. The lowest BCUT2D eigenvalue weighted by molar-refractivity contribution is 0.141. The molecule has 0 radical (unpaired) electrons. The number of hydrogen-bond acceptors (Lipinski definition) is 3. The lowest BCUT2D eigenvalue weighted by atomic mass is 10.1. The van der Waals surface area contributed by atoms with Gasteiger partial charge in [-0.25, -0.2) is 0 Å². The quantitative estimate of drug-likeness (QED) is 0.402. The third-order valence-electron chi connectivity index (χ3n) is 5.06. The Hall–Kier alpha value is -2.80. The number of para-hydroxylation sites is 1. The number of H-pyrrole nitrogens is 1. The number of benzene rings is 2. The molecule has 0 fully saturated rings. The molecule has 0 aliphatic rings. The summed E-state index contributed by atoms with van der Waals surface area (Å²) < 4.78 is 8.61. The molecule has 31 heavy (non-hydrogen) atoms. The molecule has 2 heterocycles. The van der Waals surface area contributed by atoms with Crippen molar-refractivity contribution in [3.8, 4) is 16.9 Å². The first-order valence-electron chi connectivity index (χ1n) is 9.98. The average molecular weight is 458 g/mol. The second-order valence-corrected chi connectivity index (χ2v) is 7.87. The maximum Gasteiger partial charge on any atom is 0.274 e. The molecule has 2 aromatic heterocycles. The SMILES string of the molecule is CCOCCCn1c(-c2ccc(Cl)cc2)c2c(=O)[nH]n(-c3ccccc3Cl)c2cc1=O. The first kappa shape index (κ1) is 21.4. The normalized spacial score (nSPS) is 11.3. The predicted molar refractivity (Wildman–Crippen MR) is 125 cm³/mol. The largest absolute Gasteiger partial charge is 0.382 e. The van der Waals surface area contributed by atoms with E-state index in [9.17, 15) is 9.59 Å². The molecule has 0 amide bonds. The van der Waals surface area contributed by atoms with Crippen LogP contribution in [0, 0.1) is 0 Å². The summed E-state index contributed by atoms with van der Waals surface area (Å²) in [4.78, 5) is 26.3. The molecule has 4 rings (SSSR count). The number of aromatic amines is 1. The Bertz CT molecular complexity index is 1340. The topological polar surface area (TPSA) is 69.0 Å². The van der Waals surface area contributed by atoms with Gasteiger partial charge in [-0.15, -0.1) is 0 Å². The molecule has 0 spiro atoms. The van der Waals surface area contributed by atoms with E-state index < -0.39 is 0 Å².